The van der Waals surface area contributed by atoms with Crippen molar-refractivity contribution >= 4 is 0 Å². The van der Waals surface area contributed by atoms with Crippen molar-refractivity contribution in [3.05, 3.63) is 18.7 Å². The predicted molar refractivity (Wildman–Crippen MR) is 198 cm³/mol. The van der Waals surface area contributed by atoms with E-state index in [4.69, 9.17) is 0 Å². The summed E-state index contributed by atoms with van der Waals surface area (Å²) in [5, 5.41) is 0. The average molecular weight is 662 g/mol. The smallest absolute Gasteiger partial charge is 0.243 e. The number of hydrogen-bond acceptors (Lipinski definition) is 0. The maximum absolute atomic E-state index is 2.64. The van der Waals surface area contributed by atoms with E-state index in [-0.39, 0.29) is 12.4 Å². The summed E-state index contributed by atoms with van der Waals surface area (Å²) in [5.74, 6) is 2.86. The minimum Gasteiger partial charge on any atom is -1.00 e. The molecule has 3 atom stereocenters. The van der Waals surface area contributed by atoms with Crippen LogP contribution >= 0.6 is 0 Å². The number of hydrogen-bond donors (Lipinski definition) is 0. The standard InChI is InChI=1S/C43H81N2.ClH/c1-3-4-5-6-7-8-9-10-11-12-13-14-15-16-19-23-30-40-31-24-20-17-18-21-27-35-42(41-33-25-22-26-34-41)43(36-29-28-32-40)45-38-37-44(2)39-45;/h37-43H,3-36H2,1-2H3;1H/q+1;/p-1. The molecule has 3 rings (SSSR count). The van der Waals surface area contributed by atoms with Gasteiger partial charge in [-0.25, -0.2) is 9.13 Å². The fraction of sp³-hybridized carbons (Fsp3) is 0.930. The van der Waals surface area contributed by atoms with Crippen LogP contribution in [0.4, 0.5) is 0 Å². The molecular formula is C43H81ClN2. The van der Waals surface area contributed by atoms with Crippen LogP contribution in [0.3, 0.4) is 0 Å². The molecule has 0 bridgehead atoms. The molecule has 2 nitrogen and oxygen atoms in total. The normalized spacial score (nSPS) is 23.0. The summed E-state index contributed by atoms with van der Waals surface area (Å²) in [7, 11) is 2.21. The van der Waals surface area contributed by atoms with Crippen molar-refractivity contribution in [3.8, 4) is 0 Å². The Morgan fingerprint density at radius 3 is 1.50 bits per heavy atom. The van der Waals surface area contributed by atoms with E-state index in [9.17, 15) is 0 Å². The summed E-state index contributed by atoms with van der Waals surface area (Å²) < 4.78 is 4.92. The fourth-order valence-electron chi connectivity index (χ4n) is 9.28. The van der Waals surface area contributed by atoms with Gasteiger partial charge in [0.15, 0.2) is 0 Å². The number of aromatic nitrogens is 2. The number of imidazole rings is 1. The highest BCUT2D eigenvalue weighted by molar-refractivity contribution is 4.86. The van der Waals surface area contributed by atoms with Crippen LogP contribution in [0.2, 0.25) is 0 Å². The van der Waals surface area contributed by atoms with E-state index in [2.05, 4.69) is 41.8 Å². The first-order valence-corrected chi connectivity index (χ1v) is 21.3. The Balaban J connectivity index is 0.00000736. The monoisotopic (exact) mass is 661 g/mol. The van der Waals surface area contributed by atoms with Crippen LogP contribution < -0.4 is 17.0 Å². The third kappa shape index (κ3) is 18.9. The molecule has 0 amide bonds. The van der Waals surface area contributed by atoms with Crippen LogP contribution in [0.25, 0.3) is 0 Å². The Morgan fingerprint density at radius 1 is 0.522 bits per heavy atom. The largest absolute Gasteiger partial charge is 1.00 e. The van der Waals surface area contributed by atoms with Gasteiger partial charge < -0.3 is 12.4 Å². The molecule has 270 valence electrons. The molecule has 2 fully saturated rings. The van der Waals surface area contributed by atoms with Crippen LogP contribution in [-0.4, -0.2) is 4.57 Å². The molecule has 3 unspecified atom stereocenters. The predicted octanol–water partition coefficient (Wildman–Crippen LogP) is 11.0. The van der Waals surface area contributed by atoms with Crippen molar-refractivity contribution in [3.63, 3.8) is 0 Å². The SMILES string of the molecule is CCCCCCCCCCCCCCCCCCC1CCCCCCCCC(C2CCCCC2)C(n2cc[n+](C)c2)CCCC1.[Cl-]. The topological polar surface area (TPSA) is 8.81 Å². The maximum Gasteiger partial charge on any atom is 0.243 e. The second kappa shape index (κ2) is 28.3. The highest BCUT2D eigenvalue weighted by atomic mass is 35.5. The van der Waals surface area contributed by atoms with Crippen molar-refractivity contribution in [2.45, 2.75) is 231 Å². The van der Waals surface area contributed by atoms with Gasteiger partial charge in [0, 0.05) is 5.92 Å². The Labute approximate surface area is 295 Å². The van der Waals surface area contributed by atoms with Crippen molar-refractivity contribution < 1.29 is 17.0 Å². The van der Waals surface area contributed by atoms with Gasteiger partial charge in [-0.2, -0.15) is 0 Å². The zero-order valence-electron chi connectivity index (χ0n) is 31.4. The molecule has 2 saturated carbocycles. The molecule has 46 heavy (non-hydrogen) atoms. The summed E-state index contributed by atoms with van der Waals surface area (Å²) in [4.78, 5) is 0. The van der Waals surface area contributed by atoms with Gasteiger partial charge in [0.1, 0.15) is 18.4 Å². The van der Waals surface area contributed by atoms with E-state index in [0.29, 0.717) is 0 Å². The first kappa shape index (κ1) is 41.7. The van der Waals surface area contributed by atoms with E-state index in [0.717, 1.165) is 23.8 Å². The van der Waals surface area contributed by atoms with Gasteiger partial charge in [-0.3, -0.25) is 0 Å². The van der Waals surface area contributed by atoms with Crippen molar-refractivity contribution in [2.75, 3.05) is 0 Å². The third-order valence-electron chi connectivity index (χ3n) is 12.1. The van der Waals surface area contributed by atoms with Gasteiger partial charge in [0.2, 0.25) is 6.33 Å². The molecule has 0 N–H and O–H groups in total. The van der Waals surface area contributed by atoms with Gasteiger partial charge >= 0.3 is 0 Å². The summed E-state index contributed by atoms with van der Waals surface area (Å²) in [5.41, 5.74) is 0. The molecule has 2 aliphatic rings. The number of halogens is 1. The number of nitrogens with zero attached hydrogens (tertiary/aromatic N) is 2. The zero-order chi connectivity index (χ0) is 31.6. The van der Waals surface area contributed by atoms with Crippen LogP contribution in [0.1, 0.15) is 231 Å². The van der Waals surface area contributed by atoms with Gasteiger partial charge in [-0.1, -0.05) is 206 Å². The van der Waals surface area contributed by atoms with E-state index >= 15 is 0 Å². The minimum atomic E-state index is 0. The molecular weight excluding hydrogens is 580 g/mol. The highest BCUT2D eigenvalue weighted by Crippen LogP contribution is 2.41. The summed E-state index contributed by atoms with van der Waals surface area (Å²) in [6, 6.07) is 0.721. The molecule has 1 heterocycles. The molecule has 0 radical (unpaired) electrons. The lowest BCUT2D eigenvalue weighted by molar-refractivity contribution is -0.671. The molecule has 0 aromatic carbocycles. The van der Waals surface area contributed by atoms with Gasteiger partial charge in [0.05, 0.1) is 7.05 Å². The van der Waals surface area contributed by atoms with Gasteiger partial charge in [-0.05, 0) is 31.1 Å². The second-order valence-corrected chi connectivity index (χ2v) is 16.1. The Morgan fingerprint density at radius 2 is 0.957 bits per heavy atom. The van der Waals surface area contributed by atoms with Gasteiger partial charge in [-0.15, -0.1) is 0 Å². The number of rotatable bonds is 19. The lowest BCUT2D eigenvalue weighted by Crippen LogP contribution is -3.00. The van der Waals surface area contributed by atoms with E-state index < -0.39 is 0 Å². The first-order valence-electron chi connectivity index (χ1n) is 21.3. The quantitative estimate of drug-likeness (QED) is 0.103. The highest BCUT2D eigenvalue weighted by Gasteiger charge is 2.33. The molecule has 1 aromatic rings. The Hall–Kier alpha value is -0.500. The van der Waals surface area contributed by atoms with Crippen molar-refractivity contribution in [1.82, 2.24) is 4.57 Å². The Kier molecular flexibility index (Phi) is 25.7. The van der Waals surface area contributed by atoms with Crippen LogP contribution in [0, 0.1) is 17.8 Å². The second-order valence-electron chi connectivity index (χ2n) is 16.1. The summed E-state index contributed by atoms with van der Waals surface area (Å²) in [6.07, 6.45) is 57.3. The van der Waals surface area contributed by atoms with E-state index in [1.165, 1.54) is 218 Å². The van der Waals surface area contributed by atoms with Crippen LogP contribution in [-0.2, 0) is 7.05 Å². The Bertz CT molecular complexity index is 784. The number of unbranched alkanes of at least 4 members (excludes halogenated alkanes) is 15. The molecule has 2 aliphatic carbocycles. The lowest BCUT2D eigenvalue weighted by atomic mass is 9.73. The molecule has 1 aromatic heterocycles. The third-order valence-corrected chi connectivity index (χ3v) is 12.1. The lowest BCUT2D eigenvalue weighted by Gasteiger charge is -2.34. The van der Waals surface area contributed by atoms with Crippen LogP contribution in [0.5, 0.6) is 0 Å². The van der Waals surface area contributed by atoms with Crippen LogP contribution in [0.15, 0.2) is 18.7 Å². The number of aryl methyl sites for hydroxylation is 1. The minimum absolute atomic E-state index is 0. The van der Waals surface area contributed by atoms with E-state index in [1.807, 2.05) is 0 Å². The van der Waals surface area contributed by atoms with Crippen molar-refractivity contribution in [1.29, 1.82) is 0 Å². The summed E-state index contributed by atoms with van der Waals surface area (Å²) >= 11 is 0. The zero-order valence-corrected chi connectivity index (χ0v) is 32.1. The van der Waals surface area contributed by atoms with Crippen molar-refractivity contribution in [2.24, 2.45) is 24.8 Å². The molecule has 0 aliphatic heterocycles. The maximum atomic E-state index is 2.64. The van der Waals surface area contributed by atoms with E-state index in [1.54, 1.807) is 0 Å². The summed E-state index contributed by atoms with van der Waals surface area (Å²) in [6.45, 7) is 2.32. The molecule has 0 spiro atoms. The molecule has 3 heteroatoms. The molecule has 0 saturated heterocycles. The average Bonchev–Trinajstić information content (AvgIpc) is 3.49. The first-order chi connectivity index (χ1) is 22.3. The fourth-order valence-corrected chi connectivity index (χ4v) is 9.28. The van der Waals surface area contributed by atoms with Gasteiger partial charge in [0.25, 0.3) is 0 Å².